The molecule has 0 saturated heterocycles. The molecule has 0 amide bonds. The summed E-state index contributed by atoms with van der Waals surface area (Å²) in [4.78, 5) is 0. The average Bonchev–Trinajstić information content (AvgIpc) is 2.71. The molecule has 0 aromatic rings. The molecule has 0 unspecified atom stereocenters. The van der Waals surface area contributed by atoms with Crippen LogP contribution in [0.1, 0.15) is 59.3 Å². The van der Waals surface area contributed by atoms with Gasteiger partial charge in [0.1, 0.15) is 0 Å². The fourth-order valence-corrected chi connectivity index (χ4v) is 4.00. The van der Waals surface area contributed by atoms with Crippen LogP contribution >= 0.6 is 0 Å². The van der Waals surface area contributed by atoms with Gasteiger partial charge in [0.2, 0.25) is 0 Å². The second-order valence-electron chi connectivity index (χ2n) is 6.53. The zero-order valence-corrected chi connectivity index (χ0v) is 10.9. The highest BCUT2D eigenvalue weighted by Crippen LogP contribution is 2.57. The van der Waals surface area contributed by atoms with E-state index in [-0.39, 0.29) is 5.41 Å². The van der Waals surface area contributed by atoms with Gasteiger partial charge in [0.25, 0.3) is 0 Å². The third-order valence-electron chi connectivity index (χ3n) is 5.30. The molecule has 0 spiro atoms. The first-order valence-corrected chi connectivity index (χ1v) is 6.83. The number of aliphatic hydroxyl groups is 2. The summed E-state index contributed by atoms with van der Waals surface area (Å²) in [6.07, 6.45) is 5.73. The van der Waals surface area contributed by atoms with Gasteiger partial charge in [0.15, 0.2) is 0 Å². The van der Waals surface area contributed by atoms with Crippen LogP contribution in [-0.2, 0) is 0 Å². The summed E-state index contributed by atoms with van der Waals surface area (Å²) in [6.45, 7) is 6.39. The van der Waals surface area contributed by atoms with Gasteiger partial charge in [-0.2, -0.15) is 0 Å². The lowest BCUT2D eigenvalue weighted by Gasteiger charge is -2.51. The molecule has 0 aliphatic heterocycles. The highest BCUT2D eigenvalue weighted by atomic mass is 16.3. The number of aliphatic hydroxyl groups excluding tert-OH is 1. The Balaban J connectivity index is 2.23. The number of rotatable bonds is 3. The van der Waals surface area contributed by atoms with Crippen LogP contribution in [0.4, 0.5) is 0 Å². The third-order valence-corrected chi connectivity index (χ3v) is 5.30. The number of fused-ring (bicyclic) bond motifs is 2. The summed E-state index contributed by atoms with van der Waals surface area (Å²) in [5, 5.41) is 21.4. The van der Waals surface area contributed by atoms with Crippen LogP contribution in [0.2, 0.25) is 0 Å². The molecule has 2 aliphatic rings. The minimum absolute atomic E-state index is 0.116. The van der Waals surface area contributed by atoms with Gasteiger partial charge in [-0.05, 0) is 42.9 Å². The summed E-state index contributed by atoms with van der Waals surface area (Å²) in [5.74, 6) is 0.946. The van der Waals surface area contributed by atoms with Crippen LogP contribution in [0.3, 0.4) is 0 Å². The second-order valence-corrected chi connectivity index (χ2v) is 6.53. The lowest BCUT2D eigenvalue weighted by atomic mass is 9.60. The van der Waals surface area contributed by atoms with E-state index in [0.717, 1.165) is 32.1 Å². The van der Waals surface area contributed by atoms with Crippen LogP contribution in [0.25, 0.3) is 0 Å². The van der Waals surface area contributed by atoms with Crippen molar-refractivity contribution >= 4 is 0 Å². The van der Waals surface area contributed by atoms with Crippen molar-refractivity contribution in [2.45, 2.75) is 71.0 Å². The summed E-state index contributed by atoms with van der Waals surface area (Å²) in [6, 6.07) is 0. The van der Waals surface area contributed by atoms with E-state index in [4.69, 9.17) is 0 Å². The van der Waals surface area contributed by atoms with Crippen molar-refractivity contribution in [2.24, 2.45) is 17.3 Å². The molecule has 4 atom stereocenters. The molecular weight excluding hydrogens is 200 g/mol. The molecule has 0 aromatic carbocycles. The summed E-state index contributed by atoms with van der Waals surface area (Å²) >= 11 is 0. The first kappa shape index (κ1) is 12.4. The maximum absolute atomic E-state index is 10.8. The van der Waals surface area contributed by atoms with Crippen molar-refractivity contribution < 1.29 is 10.2 Å². The maximum atomic E-state index is 10.8. The Bertz CT molecular complexity index is 261. The minimum atomic E-state index is -0.813. The molecule has 2 bridgehead atoms. The molecule has 0 heterocycles. The lowest BCUT2D eigenvalue weighted by Crippen LogP contribution is -2.59. The Morgan fingerprint density at radius 3 is 2.44 bits per heavy atom. The summed E-state index contributed by atoms with van der Waals surface area (Å²) < 4.78 is 0. The van der Waals surface area contributed by atoms with Gasteiger partial charge in [-0.25, -0.2) is 0 Å². The molecule has 2 nitrogen and oxygen atoms in total. The first-order chi connectivity index (χ1) is 7.43. The quantitative estimate of drug-likeness (QED) is 0.777. The monoisotopic (exact) mass is 226 g/mol. The summed E-state index contributed by atoms with van der Waals surface area (Å²) in [5.41, 5.74) is -0.929. The number of hydrogen-bond acceptors (Lipinski definition) is 2. The van der Waals surface area contributed by atoms with Gasteiger partial charge < -0.3 is 10.2 Å². The van der Waals surface area contributed by atoms with Crippen molar-refractivity contribution in [3.05, 3.63) is 0 Å². The molecule has 94 valence electrons. The smallest absolute Gasteiger partial charge is 0.0938 e. The SMILES string of the molecule is CCCC[C@@]1(O)[C@H]2CC[C@H](C2)C(C)(C)[C@@H]1O. The largest absolute Gasteiger partial charge is 0.390 e. The van der Waals surface area contributed by atoms with E-state index in [1.165, 1.54) is 6.42 Å². The first-order valence-electron chi connectivity index (χ1n) is 6.83. The summed E-state index contributed by atoms with van der Waals surface area (Å²) in [7, 11) is 0. The number of unbranched alkanes of at least 4 members (excludes halogenated alkanes) is 1. The molecule has 2 saturated carbocycles. The van der Waals surface area contributed by atoms with Crippen molar-refractivity contribution in [1.29, 1.82) is 0 Å². The van der Waals surface area contributed by atoms with Crippen LogP contribution < -0.4 is 0 Å². The Labute approximate surface area is 99.1 Å². The van der Waals surface area contributed by atoms with E-state index >= 15 is 0 Å². The van der Waals surface area contributed by atoms with Crippen molar-refractivity contribution in [3.8, 4) is 0 Å². The van der Waals surface area contributed by atoms with Crippen molar-refractivity contribution in [2.75, 3.05) is 0 Å². The second kappa shape index (κ2) is 3.99. The predicted octanol–water partition coefficient (Wildman–Crippen LogP) is 2.72. The molecule has 2 heteroatoms. The third kappa shape index (κ3) is 1.62. The molecule has 2 rings (SSSR count). The standard InChI is InChI=1S/C14H26O2/c1-4-5-8-14(16)11-7-6-10(9-11)13(2,3)12(14)15/h10-12,15-16H,4-9H2,1-3H3/t10-,11+,12+,14-/m1/s1. The Kier molecular flexibility index (Phi) is 3.09. The molecular formula is C14H26O2. The van der Waals surface area contributed by atoms with Gasteiger partial charge >= 0.3 is 0 Å². The van der Waals surface area contributed by atoms with Crippen LogP contribution in [-0.4, -0.2) is 21.9 Å². The van der Waals surface area contributed by atoms with Crippen LogP contribution in [0.15, 0.2) is 0 Å². The normalized spacial score (nSPS) is 45.9. The fourth-order valence-electron chi connectivity index (χ4n) is 4.00. The van der Waals surface area contributed by atoms with Crippen molar-refractivity contribution in [3.63, 3.8) is 0 Å². The van der Waals surface area contributed by atoms with E-state index < -0.39 is 11.7 Å². The van der Waals surface area contributed by atoms with Gasteiger partial charge in [-0.1, -0.05) is 33.6 Å². The van der Waals surface area contributed by atoms with Gasteiger partial charge in [0.05, 0.1) is 11.7 Å². The van der Waals surface area contributed by atoms with Crippen LogP contribution in [0.5, 0.6) is 0 Å². The molecule has 2 fully saturated rings. The highest BCUT2D eigenvalue weighted by Gasteiger charge is 2.59. The maximum Gasteiger partial charge on any atom is 0.0938 e. The number of hydrogen-bond donors (Lipinski definition) is 2. The lowest BCUT2D eigenvalue weighted by molar-refractivity contribution is -0.189. The van der Waals surface area contributed by atoms with E-state index in [2.05, 4.69) is 20.8 Å². The zero-order valence-electron chi connectivity index (χ0n) is 10.9. The van der Waals surface area contributed by atoms with Gasteiger partial charge in [0, 0.05) is 0 Å². The van der Waals surface area contributed by atoms with Gasteiger partial charge in [-0.3, -0.25) is 0 Å². The van der Waals surface area contributed by atoms with E-state index in [1.54, 1.807) is 0 Å². The minimum Gasteiger partial charge on any atom is -0.390 e. The topological polar surface area (TPSA) is 40.5 Å². The molecule has 16 heavy (non-hydrogen) atoms. The van der Waals surface area contributed by atoms with E-state index in [0.29, 0.717) is 11.8 Å². The Morgan fingerprint density at radius 2 is 1.81 bits per heavy atom. The molecule has 0 aromatic heterocycles. The van der Waals surface area contributed by atoms with E-state index in [9.17, 15) is 10.2 Å². The fraction of sp³-hybridized carbons (Fsp3) is 1.00. The molecule has 0 radical (unpaired) electrons. The predicted molar refractivity (Wildman–Crippen MR) is 65.1 cm³/mol. The Morgan fingerprint density at radius 1 is 1.19 bits per heavy atom. The Hall–Kier alpha value is -0.0800. The van der Waals surface area contributed by atoms with E-state index in [1.807, 2.05) is 0 Å². The molecule has 2 N–H and O–H groups in total. The molecule has 2 aliphatic carbocycles. The van der Waals surface area contributed by atoms with Gasteiger partial charge in [-0.15, -0.1) is 0 Å². The van der Waals surface area contributed by atoms with Crippen molar-refractivity contribution in [1.82, 2.24) is 0 Å². The highest BCUT2D eigenvalue weighted by molar-refractivity contribution is 5.09. The average molecular weight is 226 g/mol. The van der Waals surface area contributed by atoms with Crippen LogP contribution in [0, 0.1) is 17.3 Å². The zero-order chi connectivity index (χ0) is 12.0.